The number of aryl methyl sites for hydroxylation is 1. The van der Waals surface area contributed by atoms with E-state index in [1.807, 2.05) is 13.8 Å². The fraction of sp³-hybridized carbons (Fsp3) is 0.450. The molecule has 6 heteroatoms. The Hall–Kier alpha value is -2.34. The highest BCUT2D eigenvalue weighted by molar-refractivity contribution is 5.95. The van der Waals surface area contributed by atoms with Gasteiger partial charge in [0.25, 0.3) is 5.91 Å². The van der Waals surface area contributed by atoms with Crippen LogP contribution in [0.5, 0.6) is 5.75 Å². The van der Waals surface area contributed by atoms with E-state index in [-0.39, 0.29) is 29.8 Å². The van der Waals surface area contributed by atoms with E-state index in [1.165, 1.54) is 12.1 Å². The summed E-state index contributed by atoms with van der Waals surface area (Å²) in [6.07, 6.45) is 0.328. The summed E-state index contributed by atoms with van der Waals surface area (Å²) < 4.78 is 30.4. The Morgan fingerprint density at radius 3 is 2.85 bits per heavy atom. The van der Waals surface area contributed by atoms with Gasteiger partial charge in [-0.25, -0.2) is 4.39 Å². The number of nitrogens with one attached hydrogen (secondary N) is 1. The van der Waals surface area contributed by atoms with Crippen LogP contribution in [0.3, 0.4) is 0 Å². The first-order chi connectivity index (χ1) is 12.4. The summed E-state index contributed by atoms with van der Waals surface area (Å²) in [6, 6.07) is 7.46. The van der Waals surface area contributed by atoms with Crippen LogP contribution in [-0.4, -0.2) is 31.3 Å². The van der Waals surface area contributed by atoms with Gasteiger partial charge in [-0.05, 0) is 25.1 Å². The third-order valence-electron chi connectivity index (χ3n) is 4.44. The highest BCUT2D eigenvalue weighted by Crippen LogP contribution is 2.23. The fourth-order valence-electron chi connectivity index (χ4n) is 2.97. The van der Waals surface area contributed by atoms with E-state index in [1.54, 1.807) is 25.1 Å². The van der Waals surface area contributed by atoms with Crippen molar-refractivity contribution in [3.8, 4) is 5.75 Å². The molecular formula is C20H24FNO4. The lowest BCUT2D eigenvalue weighted by molar-refractivity contribution is -0.00299. The van der Waals surface area contributed by atoms with Crippen molar-refractivity contribution in [2.75, 3.05) is 13.2 Å². The molecule has 1 aliphatic heterocycles. The second-order valence-electron chi connectivity index (χ2n) is 6.83. The maximum Gasteiger partial charge on any atom is 0.255 e. The lowest BCUT2D eigenvalue weighted by Crippen LogP contribution is -2.51. The van der Waals surface area contributed by atoms with Crippen LogP contribution in [0, 0.1) is 12.7 Å². The molecule has 0 saturated carbocycles. The zero-order valence-electron chi connectivity index (χ0n) is 15.3. The van der Waals surface area contributed by atoms with Gasteiger partial charge in [-0.15, -0.1) is 0 Å². The zero-order chi connectivity index (χ0) is 18.7. The van der Waals surface area contributed by atoms with E-state index >= 15 is 0 Å². The molecule has 1 amide bonds. The number of halogens is 1. The normalized spacial score (nSPS) is 20.2. The van der Waals surface area contributed by atoms with Crippen LogP contribution in [0.15, 0.2) is 34.7 Å². The maximum atomic E-state index is 13.4. The molecule has 2 heterocycles. The molecule has 2 aromatic rings. The first-order valence-corrected chi connectivity index (χ1v) is 8.85. The van der Waals surface area contributed by atoms with E-state index in [2.05, 4.69) is 5.32 Å². The van der Waals surface area contributed by atoms with E-state index in [9.17, 15) is 9.18 Å². The third kappa shape index (κ3) is 4.25. The largest absolute Gasteiger partial charge is 0.488 e. The Morgan fingerprint density at radius 2 is 2.15 bits per heavy atom. The summed E-state index contributed by atoms with van der Waals surface area (Å²) in [6.45, 7) is 6.68. The average Bonchev–Trinajstić information content (AvgIpc) is 2.99. The topological polar surface area (TPSA) is 60.7 Å². The third-order valence-corrected chi connectivity index (χ3v) is 4.44. The van der Waals surface area contributed by atoms with Crippen molar-refractivity contribution in [1.82, 2.24) is 5.32 Å². The van der Waals surface area contributed by atoms with Crippen LogP contribution >= 0.6 is 0 Å². The monoisotopic (exact) mass is 361 g/mol. The van der Waals surface area contributed by atoms with Crippen LogP contribution in [-0.2, 0) is 4.74 Å². The molecule has 1 aromatic carbocycles. The zero-order valence-corrected chi connectivity index (χ0v) is 15.3. The molecule has 26 heavy (non-hydrogen) atoms. The molecule has 1 saturated heterocycles. The SMILES string of the molecule is Cc1oc(C(C)C)cc1C(=O)NC1COCCC1Oc1cccc(F)c1. The molecule has 3 rings (SSSR count). The first-order valence-electron chi connectivity index (χ1n) is 8.85. The lowest BCUT2D eigenvalue weighted by atomic mass is 10.1. The van der Waals surface area contributed by atoms with Crippen LogP contribution < -0.4 is 10.1 Å². The molecule has 0 radical (unpaired) electrons. The Kier molecular flexibility index (Phi) is 5.61. The molecule has 1 aromatic heterocycles. The van der Waals surface area contributed by atoms with E-state index < -0.39 is 0 Å². The number of hydrogen-bond acceptors (Lipinski definition) is 4. The van der Waals surface area contributed by atoms with Crippen LogP contribution in [0.1, 0.15) is 48.1 Å². The van der Waals surface area contributed by atoms with E-state index in [4.69, 9.17) is 13.9 Å². The predicted octanol–water partition coefficient (Wildman–Crippen LogP) is 3.82. The molecule has 2 unspecified atom stereocenters. The molecule has 0 spiro atoms. The fourth-order valence-corrected chi connectivity index (χ4v) is 2.97. The summed E-state index contributed by atoms with van der Waals surface area (Å²) in [4.78, 5) is 12.7. The van der Waals surface area contributed by atoms with Gasteiger partial charge in [0.1, 0.15) is 29.2 Å². The lowest BCUT2D eigenvalue weighted by Gasteiger charge is -2.32. The highest BCUT2D eigenvalue weighted by Gasteiger charge is 2.30. The quantitative estimate of drug-likeness (QED) is 0.880. The Labute approximate surface area is 152 Å². The van der Waals surface area contributed by atoms with E-state index in [0.29, 0.717) is 36.7 Å². The summed E-state index contributed by atoms with van der Waals surface area (Å²) in [5.74, 6) is 1.44. The van der Waals surface area contributed by atoms with Gasteiger partial charge in [0, 0.05) is 18.4 Å². The Bertz CT molecular complexity index is 771. The van der Waals surface area contributed by atoms with Gasteiger partial charge in [0.05, 0.1) is 24.8 Å². The molecule has 5 nitrogen and oxygen atoms in total. The minimum atomic E-state index is -0.356. The number of hydrogen-bond donors (Lipinski definition) is 1. The summed E-state index contributed by atoms with van der Waals surface area (Å²) in [5, 5.41) is 2.97. The van der Waals surface area contributed by atoms with Crippen molar-refractivity contribution < 1.29 is 23.1 Å². The summed E-state index contributed by atoms with van der Waals surface area (Å²) >= 11 is 0. The second-order valence-corrected chi connectivity index (χ2v) is 6.83. The number of benzene rings is 1. The van der Waals surface area contributed by atoms with Gasteiger partial charge in [-0.2, -0.15) is 0 Å². The van der Waals surface area contributed by atoms with E-state index in [0.717, 1.165) is 5.76 Å². The maximum absolute atomic E-state index is 13.4. The predicted molar refractivity (Wildman–Crippen MR) is 95.0 cm³/mol. The van der Waals surface area contributed by atoms with Crippen LogP contribution in [0.2, 0.25) is 0 Å². The first kappa shape index (κ1) is 18.5. The van der Waals surface area contributed by atoms with Crippen molar-refractivity contribution in [2.24, 2.45) is 0 Å². The van der Waals surface area contributed by atoms with Gasteiger partial charge in [0.15, 0.2) is 0 Å². The number of furan rings is 1. The van der Waals surface area contributed by atoms with Crippen LogP contribution in [0.25, 0.3) is 0 Å². The number of rotatable bonds is 5. The minimum Gasteiger partial charge on any atom is -0.488 e. The molecular weight excluding hydrogens is 337 g/mol. The molecule has 0 aliphatic carbocycles. The highest BCUT2D eigenvalue weighted by atomic mass is 19.1. The number of carbonyl (C=O) groups is 1. The molecule has 1 aliphatic rings. The van der Waals surface area contributed by atoms with Crippen molar-refractivity contribution >= 4 is 5.91 Å². The Morgan fingerprint density at radius 1 is 1.35 bits per heavy atom. The van der Waals surface area contributed by atoms with Crippen molar-refractivity contribution in [3.05, 3.63) is 53.2 Å². The summed E-state index contributed by atoms with van der Waals surface area (Å²) in [7, 11) is 0. The Balaban J connectivity index is 1.71. The van der Waals surface area contributed by atoms with Gasteiger partial charge >= 0.3 is 0 Å². The smallest absolute Gasteiger partial charge is 0.255 e. The van der Waals surface area contributed by atoms with Gasteiger partial charge in [0.2, 0.25) is 0 Å². The second kappa shape index (κ2) is 7.91. The van der Waals surface area contributed by atoms with Gasteiger partial charge in [-0.1, -0.05) is 19.9 Å². The molecule has 2 atom stereocenters. The van der Waals surface area contributed by atoms with Crippen LogP contribution in [0.4, 0.5) is 4.39 Å². The number of carbonyl (C=O) groups excluding carboxylic acids is 1. The van der Waals surface area contributed by atoms with Crippen molar-refractivity contribution in [3.63, 3.8) is 0 Å². The summed E-state index contributed by atoms with van der Waals surface area (Å²) in [5.41, 5.74) is 0.517. The minimum absolute atomic E-state index is 0.206. The molecule has 1 N–H and O–H groups in total. The van der Waals surface area contributed by atoms with Crippen molar-refractivity contribution in [1.29, 1.82) is 0 Å². The standard InChI is InChI=1S/C20H24FNO4/c1-12(2)19-10-16(13(3)25-19)20(23)22-17-11-24-8-7-18(17)26-15-6-4-5-14(21)9-15/h4-6,9-10,12,17-18H,7-8,11H2,1-3H3,(H,22,23). The van der Waals surface area contributed by atoms with Gasteiger partial charge in [-0.3, -0.25) is 4.79 Å². The average molecular weight is 361 g/mol. The molecule has 1 fully saturated rings. The van der Waals surface area contributed by atoms with Crippen molar-refractivity contribution in [2.45, 2.75) is 45.3 Å². The molecule has 0 bridgehead atoms. The number of amides is 1. The number of ether oxygens (including phenoxy) is 2. The van der Waals surface area contributed by atoms with Gasteiger partial charge < -0.3 is 19.2 Å². The molecule has 140 valence electrons.